The third-order valence-electron chi connectivity index (χ3n) is 3.67. The lowest BCUT2D eigenvalue weighted by atomic mass is 9.83. The number of amides is 1. The third-order valence-corrected chi connectivity index (χ3v) is 4.22. The highest BCUT2D eigenvalue weighted by Crippen LogP contribution is 2.40. The van der Waals surface area contributed by atoms with Gasteiger partial charge in [0.2, 0.25) is 5.91 Å². The van der Waals surface area contributed by atoms with Gasteiger partial charge in [0.15, 0.2) is 5.84 Å². The van der Waals surface area contributed by atoms with Crippen LogP contribution in [0.2, 0.25) is 10.0 Å². The zero-order valence-corrected chi connectivity index (χ0v) is 12.2. The number of nitrogens with one attached hydrogen (secondary N) is 1. The molecule has 1 aliphatic rings. The van der Waals surface area contributed by atoms with Crippen molar-refractivity contribution in [2.45, 2.75) is 25.7 Å². The van der Waals surface area contributed by atoms with Crippen LogP contribution >= 0.6 is 23.2 Å². The summed E-state index contributed by atoms with van der Waals surface area (Å²) in [5.41, 5.74) is 5.21. The minimum atomic E-state index is -0.961. The number of halogens is 2. The predicted octanol–water partition coefficient (Wildman–Crippen LogP) is 3.24. The van der Waals surface area contributed by atoms with Crippen molar-refractivity contribution >= 4 is 40.6 Å². The van der Waals surface area contributed by atoms with Gasteiger partial charge in [-0.3, -0.25) is 4.79 Å². The van der Waals surface area contributed by atoms with Gasteiger partial charge in [0.1, 0.15) is 5.41 Å². The van der Waals surface area contributed by atoms with Crippen LogP contribution in [0.5, 0.6) is 0 Å². The molecule has 2 rings (SSSR count). The molecule has 0 spiro atoms. The molecule has 1 aromatic rings. The highest BCUT2D eigenvalue weighted by Gasteiger charge is 2.45. The van der Waals surface area contributed by atoms with E-state index in [0.717, 1.165) is 12.8 Å². The Morgan fingerprint density at radius 2 is 2.00 bits per heavy atom. The summed E-state index contributed by atoms with van der Waals surface area (Å²) < 4.78 is 0. The normalized spacial score (nSPS) is 18.0. The van der Waals surface area contributed by atoms with Gasteiger partial charge in [0.05, 0.1) is 10.7 Å². The summed E-state index contributed by atoms with van der Waals surface area (Å²) in [5.74, 6) is -0.368. The fourth-order valence-electron chi connectivity index (χ4n) is 2.51. The summed E-state index contributed by atoms with van der Waals surface area (Å²) in [6.45, 7) is 0. The monoisotopic (exact) mass is 315 g/mol. The van der Waals surface area contributed by atoms with E-state index in [-0.39, 0.29) is 11.7 Å². The molecule has 0 aromatic heterocycles. The minimum absolute atomic E-state index is 0.0578. The standard InChI is InChI=1S/C13H15Cl2N3O2/c14-8-3-4-10(9(15)7-8)17-12(19)13(11(16)18-20)5-1-2-6-13/h3-4,7,20H,1-2,5-6H2,(H2,16,18)(H,17,19). The van der Waals surface area contributed by atoms with Crippen LogP contribution in [0.3, 0.4) is 0 Å². The van der Waals surface area contributed by atoms with E-state index in [4.69, 9.17) is 34.1 Å². The lowest BCUT2D eigenvalue weighted by Crippen LogP contribution is -2.45. The number of anilines is 1. The molecule has 20 heavy (non-hydrogen) atoms. The van der Waals surface area contributed by atoms with E-state index in [1.54, 1.807) is 18.2 Å². The number of oxime groups is 1. The molecule has 1 fully saturated rings. The maximum Gasteiger partial charge on any atom is 0.238 e. The molecule has 1 aromatic carbocycles. The van der Waals surface area contributed by atoms with Gasteiger partial charge in [0.25, 0.3) is 0 Å². The minimum Gasteiger partial charge on any atom is -0.409 e. The maximum atomic E-state index is 12.5. The molecule has 5 nitrogen and oxygen atoms in total. The number of benzene rings is 1. The molecule has 7 heteroatoms. The van der Waals surface area contributed by atoms with E-state index < -0.39 is 5.41 Å². The SMILES string of the molecule is NC(=NO)C1(C(=O)Nc2ccc(Cl)cc2Cl)CCCC1. The van der Waals surface area contributed by atoms with Gasteiger partial charge >= 0.3 is 0 Å². The predicted molar refractivity (Wildman–Crippen MR) is 79.4 cm³/mol. The maximum absolute atomic E-state index is 12.5. The van der Waals surface area contributed by atoms with Crippen molar-refractivity contribution in [2.24, 2.45) is 16.3 Å². The summed E-state index contributed by atoms with van der Waals surface area (Å²) in [5, 5.41) is 15.5. The van der Waals surface area contributed by atoms with Crippen LogP contribution < -0.4 is 11.1 Å². The molecule has 4 N–H and O–H groups in total. The Labute approximate surface area is 126 Å². The number of carbonyl (C=O) groups excluding carboxylic acids is 1. The second kappa shape index (κ2) is 5.89. The Hall–Kier alpha value is -1.46. The zero-order valence-electron chi connectivity index (χ0n) is 10.7. The summed E-state index contributed by atoms with van der Waals surface area (Å²) in [6.07, 6.45) is 2.83. The first-order valence-electron chi connectivity index (χ1n) is 6.24. The van der Waals surface area contributed by atoms with Crippen molar-refractivity contribution in [1.82, 2.24) is 0 Å². The fourth-order valence-corrected chi connectivity index (χ4v) is 2.96. The molecule has 0 heterocycles. The number of hydrogen-bond donors (Lipinski definition) is 3. The van der Waals surface area contributed by atoms with E-state index in [1.165, 1.54) is 0 Å². The molecule has 0 unspecified atom stereocenters. The van der Waals surface area contributed by atoms with Gasteiger partial charge in [-0.2, -0.15) is 0 Å². The molecule has 1 amide bonds. The van der Waals surface area contributed by atoms with Crippen LogP contribution in [0.25, 0.3) is 0 Å². The molecule has 0 saturated heterocycles. The number of carbonyl (C=O) groups is 1. The van der Waals surface area contributed by atoms with Crippen LogP contribution in [0.1, 0.15) is 25.7 Å². The smallest absolute Gasteiger partial charge is 0.238 e. The largest absolute Gasteiger partial charge is 0.409 e. The topological polar surface area (TPSA) is 87.7 Å². The summed E-state index contributed by atoms with van der Waals surface area (Å²) >= 11 is 11.8. The summed E-state index contributed by atoms with van der Waals surface area (Å²) in [7, 11) is 0. The number of nitrogens with two attached hydrogens (primary N) is 1. The molecular weight excluding hydrogens is 301 g/mol. The Morgan fingerprint density at radius 3 is 2.55 bits per heavy atom. The highest BCUT2D eigenvalue weighted by molar-refractivity contribution is 6.36. The fraction of sp³-hybridized carbons (Fsp3) is 0.385. The molecule has 1 aliphatic carbocycles. The van der Waals surface area contributed by atoms with Crippen LogP contribution in [0, 0.1) is 5.41 Å². The summed E-state index contributed by atoms with van der Waals surface area (Å²) in [4.78, 5) is 12.5. The van der Waals surface area contributed by atoms with E-state index in [0.29, 0.717) is 28.6 Å². The van der Waals surface area contributed by atoms with Gasteiger partial charge in [0, 0.05) is 5.02 Å². The van der Waals surface area contributed by atoms with Gasteiger partial charge in [-0.05, 0) is 31.0 Å². The lowest BCUT2D eigenvalue weighted by molar-refractivity contribution is -0.122. The first kappa shape index (κ1) is 14.9. The van der Waals surface area contributed by atoms with E-state index in [2.05, 4.69) is 10.5 Å². The van der Waals surface area contributed by atoms with Gasteiger partial charge < -0.3 is 16.3 Å². The second-order valence-electron chi connectivity index (χ2n) is 4.85. The molecule has 0 radical (unpaired) electrons. The molecule has 108 valence electrons. The zero-order chi connectivity index (χ0) is 14.8. The quantitative estimate of drug-likeness (QED) is 0.346. The van der Waals surface area contributed by atoms with Crippen LogP contribution in [-0.2, 0) is 4.79 Å². The van der Waals surface area contributed by atoms with E-state index in [1.807, 2.05) is 0 Å². The average Bonchev–Trinajstić information content (AvgIpc) is 2.91. The Kier molecular flexibility index (Phi) is 4.40. The van der Waals surface area contributed by atoms with E-state index >= 15 is 0 Å². The molecular formula is C13H15Cl2N3O2. The first-order valence-corrected chi connectivity index (χ1v) is 7.00. The Morgan fingerprint density at radius 1 is 1.35 bits per heavy atom. The van der Waals surface area contributed by atoms with Gasteiger partial charge in [-0.15, -0.1) is 0 Å². The number of nitrogens with zero attached hydrogens (tertiary/aromatic N) is 1. The van der Waals surface area contributed by atoms with Gasteiger partial charge in [-0.25, -0.2) is 0 Å². The molecule has 0 bridgehead atoms. The van der Waals surface area contributed by atoms with Crippen LogP contribution in [-0.4, -0.2) is 17.0 Å². The van der Waals surface area contributed by atoms with Crippen molar-refractivity contribution in [3.63, 3.8) is 0 Å². The van der Waals surface area contributed by atoms with Crippen molar-refractivity contribution in [3.8, 4) is 0 Å². The van der Waals surface area contributed by atoms with Crippen molar-refractivity contribution in [2.75, 3.05) is 5.32 Å². The number of rotatable bonds is 3. The van der Waals surface area contributed by atoms with Crippen molar-refractivity contribution in [3.05, 3.63) is 28.2 Å². The van der Waals surface area contributed by atoms with Crippen molar-refractivity contribution < 1.29 is 10.0 Å². The van der Waals surface area contributed by atoms with Gasteiger partial charge in [-0.1, -0.05) is 41.2 Å². The van der Waals surface area contributed by atoms with Crippen molar-refractivity contribution in [1.29, 1.82) is 0 Å². The first-order chi connectivity index (χ1) is 9.49. The highest BCUT2D eigenvalue weighted by atomic mass is 35.5. The van der Waals surface area contributed by atoms with Crippen LogP contribution in [0.15, 0.2) is 23.4 Å². The summed E-state index contributed by atoms with van der Waals surface area (Å²) in [6, 6.07) is 4.80. The average molecular weight is 316 g/mol. The number of amidine groups is 1. The Bertz CT molecular complexity index is 555. The number of hydrogen-bond acceptors (Lipinski definition) is 3. The lowest BCUT2D eigenvalue weighted by Gasteiger charge is -2.26. The second-order valence-corrected chi connectivity index (χ2v) is 5.70. The Balaban J connectivity index is 2.26. The molecule has 0 atom stereocenters. The van der Waals surface area contributed by atoms with E-state index in [9.17, 15) is 4.79 Å². The molecule has 1 saturated carbocycles. The molecule has 0 aliphatic heterocycles. The van der Waals surface area contributed by atoms with Crippen LogP contribution in [0.4, 0.5) is 5.69 Å². The third kappa shape index (κ3) is 2.69.